The average Bonchev–Trinajstić information content (AvgIpc) is 3.24. The first-order valence-electron chi connectivity index (χ1n) is 11.5. The molecule has 0 bridgehead atoms. The molecule has 8 nitrogen and oxygen atoms in total. The van der Waals surface area contributed by atoms with Crippen molar-refractivity contribution in [1.82, 2.24) is 29.9 Å². The number of carbonyl (C=O) groups is 2. The minimum atomic E-state index is -4.48. The Morgan fingerprint density at radius 2 is 1.82 bits per heavy atom. The Morgan fingerprint density at radius 3 is 2.38 bits per heavy atom. The number of halogens is 3. The highest BCUT2D eigenvalue weighted by molar-refractivity contribution is 5.95. The van der Waals surface area contributed by atoms with Crippen molar-refractivity contribution in [2.45, 2.75) is 45.7 Å². The molecule has 1 fully saturated rings. The predicted molar refractivity (Wildman–Crippen MR) is 121 cm³/mol. The smallest absolute Gasteiger partial charge is 0.355 e. The van der Waals surface area contributed by atoms with Crippen molar-refractivity contribution in [2.24, 2.45) is 0 Å². The Balaban J connectivity index is 1.68. The number of pyridine rings is 1. The second kappa shape index (κ2) is 11.0. The number of hydrogen-bond acceptors (Lipinski definition) is 5. The van der Waals surface area contributed by atoms with Gasteiger partial charge < -0.3 is 10.2 Å². The lowest BCUT2D eigenvalue weighted by Gasteiger charge is -2.34. The number of nitrogens with one attached hydrogen (secondary N) is 1. The predicted octanol–water partition coefficient (Wildman–Crippen LogP) is 3.08. The fourth-order valence-corrected chi connectivity index (χ4v) is 3.88. The lowest BCUT2D eigenvalue weighted by molar-refractivity contribution is -0.137. The first-order chi connectivity index (χ1) is 16.1. The monoisotopic (exact) mass is 480 g/mol. The molecule has 34 heavy (non-hydrogen) atoms. The largest absolute Gasteiger partial charge is 0.417 e. The maximum Gasteiger partial charge on any atom is 0.417 e. The van der Waals surface area contributed by atoms with Gasteiger partial charge in [-0.2, -0.15) is 18.3 Å². The molecule has 2 aromatic rings. The zero-order chi connectivity index (χ0) is 24.9. The third kappa shape index (κ3) is 6.13. The third-order valence-electron chi connectivity index (χ3n) is 5.76. The third-order valence-corrected chi connectivity index (χ3v) is 5.76. The lowest BCUT2D eigenvalue weighted by Crippen LogP contribution is -2.51. The van der Waals surface area contributed by atoms with Crippen LogP contribution in [0.3, 0.4) is 0 Å². The molecular weight excluding hydrogens is 449 g/mol. The molecule has 0 saturated carbocycles. The molecule has 186 valence electrons. The molecule has 1 aliphatic heterocycles. The summed E-state index contributed by atoms with van der Waals surface area (Å²) in [7, 11) is 0. The van der Waals surface area contributed by atoms with Crippen molar-refractivity contribution in [2.75, 3.05) is 39.3 Å². The van der Waals surface area contributed by atoms with Gasteiger partial charge in [0.05, 0.1) is 29.6 Å². The summed E-state index contributed by atoms with van der Waals surface area (Å²) in [5.41, 5.74) is 0.153. The van der Waals surface area contributed by atoms with E-state index in [0.29, 0.717) is 50.5 Å². The Hall–Kier alpha value is -2.95. The molecule has 11 heteroatoms. The second-order valence-electron chi connectivity index (χ2n) is 8.68. The van der Waals surface area contributed by atoms with Crippen LogP contribution in [0, 0.1) is 0 Å². The van der Waals surface area contributed by atoms with Gasteiger partial charge in [0.15, 0.2) is 5.82 Å². The fraction of sp³-hybridized carbons (Fsp3) is 0.565. The van der Waals surface area contributed by atoms with Crippen LogP contribution in [0.25, 0.3) is 5.82 Å². The number of carbonyl (C=O) groups excluding carboxylic acids is 2. The van der Waals surface area contributed by atoms with Gasteiger partial charge in [0.2, 0.25) is 5.91 Å². The zero-order valence-electron chi connectivity index (χ0n) is 19.7. The Morgan fingerprint density at radius 1 is 1.12 bits per heavy atom. The molecule has 3 rings (SSSR count). The normalized spacial score (nSPS) is 15.1. The van der Waals surface area contributed by atoms with Gasteiger partial charge in [0, 0.05) is 38.9 Å². The van der Waals surface area contributed by atoms with Crippen LogP contribution >= 0.6 is 0 Å². The van der Waals surface area contributed by atoms with Gasteiger partial charge in [-0.05, 0) is 24.5 Å². The molecule has 1 N–H and O–H groups in total. The molecule has 0 aliphatic carbocycles. The maximum atomic E-state index is 13.3. The van der Waals surface area contributed by atoms with E-state index in [1.807, 2.05) is 18.7 Å². The molecule has 1 aliphatic rings. The highest BCUT2D eigenvalue weighted by atomic mass is 19.4. The summed E-state index contributed by atoms with van der Waals surface area (Å²) >= 11 is 0. The zero-order valence-corrected chi connectivity index (χ0v) is 19.7. The van der Waals surface area contributed by atoms with E-state index in [-0.39, 0.29) is 23.6 Å². The number of amides is 2. The van der Waals surface area contributed by atoms with Gasteiger partial charge >= 0.3 is 6.18 Å². The van der Waals surface area contributed by atoms with Crippen LogP contribution in [0.15, 0.2) is 24.5 Å². The molecule has 3 heterocycles. The number of piperazine rings is 1. The number of hydrogen-bond donors (Lipinski definition) is 1. The first kappa shape index (κ1) is 25.7. The number of rotatable bonds is 8. The molecule has 0 unspecified atom stereocenters. The topological polar surface area (TPSA) is 83.4 Å². The van der Waals surface area contributed by atoms with Gasteiger partial charge in [-0.3, -0.25) is 14.5 Å². The van der Waals surface area contributed by atoms with E-state index in [0.717, 1.165) is 25.1 Å². The molecule has 0 radical (unpaired) electrons. The van der Waals surface area contributed by atoms with Gasteiger partial charge in [-0.15, -0.1) is 0 Å². The molecular formula is C23H31F3N6O2. The molecule has 2 aromatic heterocycles. The van der Waals surface area contributed by atoms with Crippen molar-refractivity contribution in [1.29, 1.82) is 0 Å². The van der Waals surface area contributed by atoms with Crippen molar-refractivity contribution in [3.63, 3.8) is 0 Å². The van der Waals surface area contributed by atoms with Gasteiger partial charge in [0.1, 0.15) is 0 Å². The summed E-state index contributed by atoms with van der Waals surface area (Å²) in [6.07, 6.45) is -0.298. The average molecular weight is 481 g/mol. The fourth-order valence-electron chi connectivity index (χ4n) is 3.88. The minimum Gasteiger partial charge on any atom is -0.355 e. The quantitative estimate of drug-likeness (QED) is 0.587. The Bertz CT molecular complexity index is 980. The van der Waals surface area contributed by atoms with Crippen LogP contribution < -0.4 is 5.32 Å². The van der Waals surface area contributed by atoms with Crippen molar-refractivity contribution < 1.29 is 22.8 Å². The van der Waals surface area contributed by atoms with Crippen molar-refractivity contribution in [3.8, 4) is 5.82 Å². The second-order valence-corrected chi connectivity index (χ2v) is 8.68. The van der Waals surface area contributed by atoms with Crippen molar-refractivity contribution in [3.05, 3.63) is 41.3 Å². The summed E-state index contributed by atoms with van der Waals surface area (Å²) in [4.78, 5) is 33.0. The highest BCUT2D eigenvalue weighted by Gasteiger charge is 2.32. The van der Waals surface area contributed by atoms with E-state index in [2.05, 4.69) is 22.3 Å². The summed E-state index contributed by atoms with van der Waals surface area (Å²) in [6, 6.07) is 2.20. The Kier molecular flexibility index (Phi) is 8.29. The molecule has 1 saturated heterocycles. The van der Waals surface area contributed by atoms with E-state index in [1.165, 1.54) is 16.9 Å². The number of alkyl halides is 3. The first-order valence-corrected chi connectivity index (χ1v) is 11.5. The van der Waals surface area contributed by atoms with Gasteiger partial charge in [0.25, 0.3) is 5.91 Å². The van der Waals surface area contributed by atoms with Crippen LogP contribution in [0.2, 0.25) is 0 Å². The molecule has 0 atom stereocenters. The van der Waals surface area contributed by atoms with E-state index < -0.39 is 11.7 Å². The van der Waals surface area contributed by atoms with E-state index in [1.54, 1.807) is 4.90 Å². The Labute approximate surface area is 197 Å². The summed E-state index contributed by atoms with van der Waals surface area (Å²) in [6.45, 7) is 8.94. The highest BCUT2D eigenvalue weighted by Crippen LogP contribution is 2.29. The van der Waals surface area contributed by atoms with Crippen LogP contribution in [0.4, 0.5) is 13.2 Å². The van der Waals surface area contributed by atoms with E-state index in [9.17, 15) is 22.8 Å². The number of nitrogens with zero attached hydrogens (tertiary/aromatic N) is 5. The SMILES string of the molecule is CCCCNC(=O)CN1CCN(C(=O)c2cnn(-c3ccc(C(F)(F)F)cn3)c2C(C)C)CC1. The molecule has 0 aromatic carbocycles. The molecule has 2 amide bonds. The number of unbranched alkanes of at least 4 members (excludes halogenated alkanes) is 1. The van der Waals surface area contributed by atoms with Gasteiger partial charge in [-0.1, -0.05) is 27.2 Å². The summed E-state index contributed by atoms with van der Waals surface area (Å²) in [5, 5.41) is 7.17. The van der Waals surface area contributed by atoms with Crippen LogP contribution in [0.1, 0.15) is 61.1 Å². The number of aromatic nitrogens is 3. The standard InChI is InChI=1S/C23H31F3N6O2/c1-4-5-8-27-20(33)15-30-9-11-31(12-10-30)22(34)18-14-29-32(21(18)16(2)3)19-7-6-17(13-28-19)23(24,25)26/h6-7,13-14,16H,4-5,8-12,15H2,1-3H3,(H,27,33). The maximum absolute atomic E-state index is 13.3. The van der Waals surface area contributed by atoms with E-state index in [4.69, 9.17) is 0 Å². The van der Waals surface area contributed by atoms with Crippen LogP contribution in [-0.2, 0) is 11.0 Å². The van der Waals surface area contributed by atoms with Crippen molar-refractivity contribution >= 4 is 11.8 Å². The van der Waals surface area contributed by atoms with Crippen LogP contribution in [0.5, 0.6) is 0 Å². The van der Waals surface area contributed by atoms with Gasteiger partial charge in [-0.25, -0.2) is 9.67 Å². The molecule has 0 spiro atoms. The van der Waals surface area contributed by atoms with Crippen LogP contribution in [-0.4, -0.2) is 75.6 Å². The summed E-state index contributed by atoms with van der Waals surface area (Å²) in [5.74, 6) is -0.0946. The van der Waals surface area contributed by atoms with E-state index >= 15 is 0 Å². The summed E-state index contributed by atoms with van der Waals surface area (Å²) < 4.78 is 40.0. The lowest BCUT2D eigenvalue weighted by atomic mass is 10.0. The minimum absolute atomic E-state index is 0.0133.